The first-order valence-corrected chi connectivity index (χ1v) is 8.88. The number of ketones is 1. The Morgan fingerprint density at radius 2 is 2.08 bits per heavy atom. The highest BCUT2D eigenvalue weighted by Crippen LogP contribution is 2.92. The van der Waals surface area contributed by atoms with Gasteiger partial charge in [0.15, 0.2) is 17.3 Å². The van der Waals surface area contributed by atoms with Gasteiger partial charge in [0.05, 0.1) is 12.5 Å². The van der Waals surface area contributed by atoms with E-state index in [9.17, 15) is 4.79 Å². The highest BCUT2D eigenvalue weighted by atomic mass is 16.7. The summed E-state index contributed by atoms with van der Waals surface area (Å²) in [6, 6.07) is 5.98. The van der Waals surface area contributed by atoms with Gasteiger partial charge in [0.1, 0.15) is 11.4 Å². The molecule has 0 radical (unpaired) electrons. The lowest BCUT2D eigenvalue weighted by molar-refractivity contribution is -0.135. The van der Waals surface area contributed by atoms with Crippen molar-refractivity contribution in [3.05, 3.63) is 48.3 Å². The van der Waals surface area contributed by atoms with Gasteiger partial charge in [0.2, 0.25) is 6.79 Å². The molecule has 0 amide bonds. The summed E-state index contributed by atoms with van der Waals surface area (Å²) in [4.78, 5) is 13.3. The summed E-state index contributed by atoms with van der Waals surface area (Å²) in [5.74, 6) is 2.31. The lowest BCUT2D eigenvalue weighted by Crippen LogP contribution is -2.51. The maximum absolute atomic E-state index is 13.3. The Labute approximate surface area is 152 Å². The first-order chi connectivity index (χ1) is 12.5. The smallest absolute Gasteiger partial charge is 0.231 e. The predicted octanol–water partition coefficient (Wildman–Crippen LogP) is 3.21. The molecule has 3 aliphatic carbocycles. The summed E-state index contributed by atoms with van der Waals surface area (Å²) < 4.78 is 22.7. The van der Waals surface area contributed by atoms with Gasteiger partial charge in [-0.1, -0.05) is 19.1 Å². The highest BCUT2D eigenvalue weighted by Gasteiger charge is 2.97. The van der Waals surface area contributed by atoms with E-state index in [2.05, 4.69) is 13.5 Å². The van der Waals surface area contributed by atoms with Crippen molar-refractivity contribution in [2.24, 2.45) is 16.7 Å². The van der Waals surface area contributed by atoms with Crippen LogP contribution in [0.4, 0.5) is 0 Å². The average molecular weight is 354 g/mol. The molecular formula is C21H22O5. The van der Waals surface area contributed by atoms with Crippen molar-refractivity contribution in [3.63, 3.8) is 0 Å². The van der Waals surface area contributed by atoms with Crippen LogP contribution in [0.15, 0.2) is 42.7 Å². The lowest BCUT2D eigenvalue weighted by Gasteiger charge is -2.51. The number of carbonyl (C=O) groups is 1. The molecule has 5 heteroatoms. The molecule has 1 aromatic carbocycles. The normalized spacial score (nSPS) is 41.0. The fraction of sp³-hybridized carbons (Fsp3) is 0.476. The van der Waals surface area contributed by atoms with E-state index < -0.39 is 11.0 Å². The van der Waals surface area contributed by atoms with Crippen LogP contribution >= 0.6 is 0 Å². The number of hydrogen-bond acceptors (Lipinski definition) is 5. The molecule has 5 nitrogen and oxygen atoms in total. The molecule has 4 aliphatic rings. The summed E-state index contributed by atoms with van der Waals surface area (Å²) in [7, 11) is 3.32. The zero-order valence-corrected chi connectivity index (χ0v) is 15.2. The van der Waals surface area contributed by atoms with Crippen LogP contribution in [0, 0.1) is 16.7 Å². The van der Waals surface area contributed by atoms with E-state index in [-0.39, 0.29) is 29.8 Å². The lowest BCUT2D eigenvalue weighted by atomic mass is 9.49. The molecule has 5 rings (SSSR count). The van der Waals surface area contributed by atoms with Crippen molar-refractivity contribution < 1.29 is 23.7 Å². The minimum absolute atomic E-state index is 0.00356. The molecule has 0 N–H and O–H groups in total. The van der Waals surface area contributed by atoms with Crippen LogP contribution in [0.2, 0.25) is 0 Å². The largest absolute Gasteiger partial charge is 0.498 e. The van der Waals surface area contributed by atoms with Crippen LogP contribution in [-0.4, -0.2) is 32.4 Å². The number of hydrogen-bond donors (Lipinski definition) is 0. The third-order valence-electron chi connectivity index (χ3n) is 7.19. The molecule has 136 valence electrons. The van der Waals surface area contributed by atoms with E-state index in [0.29, 0.717) is 12.2 Å². The van der Waals surface area contributed by atoms with Crippen molar-refractivity contribution in [1.29, 1.82) is 0 Å². The zero-order valence-electron chi connectivity index (χ0n) is 15.2. The van der Waals surface area contributed by atoms with E-state index in [1.54, 1.807) is 20.3 Å². The van der Waals surface area contributed by atoms with Gasteiger partial charge < -0.3 is 18.9 Å². The minimum atomic E-state index is -0.556. The van der Waals surface area contributed by atoms with Gasteiger partial charge in [-0.25, -0.2) is 0 Å². The Morgan fingerprint density at radius 3 is 2.77 bits per heavy atom. The maximum Gasteiger partial charge on any atom is 0.231 e. The summed E-state index contributed by atoms with van der Waals surface area (Å²) in [6.45, 7) is 6.35. The van der Waals surface area contributed by atoms with E-state index in [4.69, 9.17) is 18.9 Å². The Hall–Kier alpha value is -2.27. The van der Waals surface area contributed by atoms with Crippen molar-refractivity contribution >= 4 is 5.78 Å². The van der Waals surface area contributed by atoms with Crippen molar-refractivity contribution in [3.8, 4) is 11.5 Å². The van der Waals surface area contributed by atoms with Gasteiger partial charge >= 0.3 is 0 Å². The average Bonchev–Trinajstić information content (AvgIpc) is 2.93. The number of carbonyl (C=O) groups excluding carboxylic acids is 1. The second-order valence-corrected chi connectivity index (χ2v) is 7.81. The first kappa shape index (κ1) is 15.9. The number of fused-ring (bicyclic) bond motifs is 2. The number of benzene rings is 1. The summed E-state index contributed by atoms with van der Waals surface area (Å²) >= 11 is 0. The maximum atomic E-state index is 13.3. The Morgan fingerprint density at radius 1 is 1.31 bits per heavy atom. The molecule has 2 fully saturated rings. The molecule has 2 saturated carbocycles. The van der Waals surface area contributed by atoms with E-state index in [0.717, 1.165) is 17.1 Å². The fourth-order valence-corrected chi connectivity index (χ4v) is 6.50. The van der Waals surface area contributed by atoms with Gasteiger partial charge in [-0.15, -0.1) is 6.58 Å². The first-order valence-electron chi connectivity index (χ1n) is 8.88. The van der Waals surface area contributed by atoms with E-state index in [1.807, 2.05) is 24.3 Å². The second kappa shape index (κ2) is 4.71. The van der Waals surface area contributed by atoms with Crippen LogP contribution in [0.5, 0.6) is 11.5 Å². The molecule has 26 heavy (non-hydrogen) atoms. The molecule has 5 atom stereocenters. The monoisotopic (exact) mass is 354 g/mol. The van der Waals surface area contributed by atoms with Gasteiger partial charge in [-0.3, -0.25) is 4.79 Å². The zero-order chi connectivity index (χ0) is 18.3. The fourth-order valence-electron chi connectivity index (χ4n) is 6.50. The minimum Gasteiger partial charge on any atom is -0.498 e. The Balaban J connectivity index is 1.70. The van der Waals surface area contributed by atoms with Crippen molar-refractivity contribution in [2.75, 3.05) is 21.0 Å². The third-order valence-corrected chi connectivity index (χ3v) is 7.19. The molecule has 1 heterocycles. The predicted molar refractivity (Wildman–Crippen MR) is 94.0 cm³/mol. The molecule has 0 aromatic heterocycles. The van der Waals surface area contributed by atoms with Crippen molar-refractivity contribution in [1.82, 2.24) is 0 Å². The SMILES string of the molecule is C=CC[C@]12C(=O)C=C(OC)[C@]3(OC)[C@H]1[C@]3(C)C2c1ccc2c(c1)OCO2. The Kier molecular flexibility index (Phi) is 2.89. The topological polar surface area (TPSA) is 54.0 Å². The van der Waals surface area contributed by atoms with Gasteiger partial charge in [0.25, 0.3) is 0 Å². The third kappa shape index (κ3) is 1.36. The number of allylic oxidation sites excluding steroid dienone is 2. The summed E-state index contributed by atoms with van der Waals surface area (Å²) in [5.41, 5.74) is -0.220. The molecule has 1 unspecified atom stereocenters. The molecule has 0 bridgehead atoms. The molecular weight excluding hydrogens is 332 g/mol. The van der Waals surface area contributed by atoms with Crippen molar-refractivity contribution in [2.45, 2.75) is 24.9 Å². The molecule has 0 saturated heterocycles. The van der Waals surface area contributed by atoms with Crippen LogP contribution in [0.3, 0.4) is 0 Å². The molecule has 1 aliphatic heterocycles. The second-order valence-electron chi connectivity index (χ2n) is 7.81. The standard InChI is InChI=1S/C21H22O5/c1-5-8-20-15(22)10-16(23-3)21(24-4)18(20)19(21,2)17(20)12-6-7-13-14(9-12)26-11-25-13/h5-7,9-10,17-18H,1,8,11H2,2-4H3/t17?,18-,19-,20+,21-/m0/s1. The molecule has 1 aromatic rings. The quantitative estimate of drug-likeness (QED) is 0.760. The number of rotatable bonds is 5. The summed E-state index contributed by atoms with van der Waals surface area (Å²) in [6.07, 6.45) is 4.10. The number of ether oxygens (including phenoxy) is 4. The van der Waals surface area contributed by atoms with Gasteiger partial charge in [0, 0.05) is 30.4 Å². The van der Waals surface area contributed by atoms with Gasteiger partial charge in [-0.2, -0.15) is 0 Å². The molecule has 0 spiro atoms. The number of methoxy groups -OCH3 is 2. The van der Waals surface area contributed by atoms with Crippen LogP contribution < -0.4 is 9.47 Å². The van der Waals surface area contributed by atoms with Crippen LogP contribution in [0.1, 0.15) is 24.8 Å². The van der Waals surface area contributed by atoms with Crippen LogP contribution in [0.25, 0.3) is 0 Å². The summed E-state index contributed by atoms with van der Waals surface area (Å²) in [5, 5.41) is 0. The van der Waals surface area contributed by atoms with E-state index in [1.165, 1.54) is 0 Å². The Bertz CT molecular complexity index is 873. The highest BCUT2D eigenvalue weighted by molar-refractivity contribution is 6.02. The van der Waals surface area contributed by atoms with E-state index >= 15 is 0 Å². The van der Waals surface area contributed by atoms with Crippen LogP contribution in [-0.2, 0) is 14.3 Å². The van der Waals surface area contributed by atoms with Gasteiger partial charge in [-0.05, 0) is 24.1 Å².